The van der Waals surface area contributed by atoms with E-state index in [2.05, 4.69) is 15.2 Å². The zero-order valence-electron chi connectivity index (χ0n) is 18.8. The average Bonchev–Trinajstić information content (AvgIpc) is 3.57. The number of hydrogen-bond acceptors (Lipinski definition) is 7. The Morgan fingerprint density at radius 1 is 0.914 bits per heavy atom. The summed E-state index contributed by atoms with van der Waals surface area (Å²) >= 11 is 3.04. The number of nitrogens with zero attached hydrogens (tertiary/aromatic N) is 3. The number of para-hydroxylation sites is 2. The number of anilines is 2. The summed E-state index contributed by atoms with van der Waals surface area (Å²) < 4.78 is 27.4. The second-order valence-electron chi connectivity index (χ2n) is 8.11. The van der Waals surface area contributed by atoms with Crippen LogP contribution < -0.4 is 10.2 Å². The number of amides is 1. The standard InChI is InChI=1S/C25H24N4O3S3/c30-24(21-17-34-25(27-21)23-11-6-16-33-23)26-20-9-4-5-10-22(20)28-12-14-29(15-13-28)35(31,32)18-19-7-2-1-3-8-19/h1-11,16-17H,12-15,18H2,(H,26,30). The van der Waals surface area contributed by atoms with Crippen molar-refractivity contribution in [3.05, 3.63) is 88.7 Å². The van der Waals surface area contributed by atoms with Gasteiger partial charge in [0.1, 0.15) is 10.7 Å². The summed E-state index contributed by atoms with van der Waals surface area (Å²) in [5.74, 6) is -0.262. The van der Waals surface area contributed by atoms with Gasteiger partial charge in [0.25, 0.3) is 5.91 Å². The van der Waals surface area contributed by atoms with Crippen LogP contribution in [0.5, 0.6) is 0 Å². The van der Waals surface area contributed by atoms with E-state index in [0.29, 0.717) is 37.6 Å². The van der Waals surface area contributed by atoms with E-state index >= 15 is 0 Å². The number of benzene rings is 2. The molecule has 1 saturated heterocycles. The molecule has 5 rings (SSSR count). The zero-order chi connectivity index (χ0) is 24.3. The lowest BCUT2D eigenvalue weighted by atomic mass is 10.2. The van der Waals surface area contributed by atoms with Gasteiger partial charge in [0.2, 0.25) is 10.0 Å². The van der Waals surface area contributed by atoms with Gasteiger partial charge in [0.15, 0.2) is 0 Å². The van der Waals surface area contributed by atoms with E-state index in [0.717, 1.165) is 21.1 Å². The van der Waals surface area contributed by atoms with Crippen LogP contribution in [0.15, 0.2) is 77.5 Å². The number of aromatic nitrogens is 1. The third-order valence-corrected chi connectivity index (χ3v) is 9.52. The summed E-state index contributed by atoms with van der Waals surface area (Å²) in [6, 6.07) is 20.8. The van der Waals surface area contributed by atoms with E-state index in [-0.39, 0.29) is 11.7 Å². The molecule has 0 radical (unpaired) electrons. The summed E-state index contributed by atoms with van der Waals surface area (Å²) in [5.41, 5.74) is 2.72. The predicted molar refractivity (Wildman–Crippen MR) is 143 cm³/mol. The molecule has 7 nitrogen and oxygen atoms in total. The number of rotatable bonds is 7. The van der Waals surface area contributed by atoms with Crippen LogP contribution in [0, 0.1) is 0 Å². The normalized spacial score (nSPS) is 14.7. The van der Waals surface area contributed by atoms with Crippen molar-refractivity contribution in [3.8, 4) is 9.88 Å². The molecular formula is C25H24N4O3S3. The van der Waals surface area contributed by atoms with Crippen molar-refractivity contribution in [2.24, 2.45) is 0 Å². The lowest BCUT2D eigenvalue weighted by molar-refractivity contribution is 0.102. The number of piperazine rings is 1. The maximum absolute atomic E-state index is 12.9. The molecule has 0 unspecified atom stereocenters. The Hall–Kier alpha value is -3.05. The van der Waals surface area contributed by atoms with Crippen molar-refractivity contribution in [2.75, 3.05) is 36.4 Å². The second kappa shape index (κ2) is 10.3. The number of thiophene rings is 1. The summed E-state index contributed by atoms with van der Waals surface area (Å²) in [5, 5.41) is 7.57. The highest BCUT2D eigenvalue weighted by Crippen LogP contribution is 2.30. The Bertz CT molecular complexity index is 1390. The minimum Gasteiger partial charge on any atom is -0.367 e. The molecule has 4 aromatic rings. The fourth-order valence-corrected chi connectivity index (χ4v) is 7.15. The van der Waals surface area contributed by atoms with Crippen LogP contribution in [-0.2, 0) is 15.8 Å². The molecule has 0 aliphatic carbocycles. The quantitative estimate of drug-likeness (QED) is 0.376. The summed E-state index contributed by atoms with van der Waals surface area (Å²) in [4.78, 5) is 20.6. The molecule has 1 fully saturated rings. The molecule has 1 amide bonds. The summed E-state index contributed by atoms with van der Waals surface area (Å²) in [6.07, 6.45) is 0. The maximum Gasteiger partial charge on any atom is 0.275 e. The number of hydrogen-bond donors (Lipinski definition) is 1. The van der Waals surface area contributed by atoms with Gasteiger partial charge in [0, 0.05) is 31.6 Å². The van der Waals surface area contributed by atoms with Crippen molar-refractivity contribution in [3.63, 3.8) is 0 Å². The molecule has 0 spiro atoms. The highest BCUT2D eigenvalue weighted by atomic mass is 32.2. The number of carbonyl (C=O) groups is 1. The molecule has 1 aliphatic heterocycles. The molecule has 1 aliphatic rings. The van der Waals surface area contributed by atoms with Crippen LogP contribution in [0.2, 0.25) is 0 Å². The number of carbonyl (C=O) groups excluding carboxylic acids is 1. The molecule has 0 bridgehead atoms. The van der Waals surface area contributed by atoms with Crippen LogP contribution >= 0.6 is 22.7 Å². The zero-order valence-corrected chi connectivity index (χ0v) is 21.3. The summed E-state index contributed by atoms with van der Waals surface area (Å²) in [6.45, 7) is 1.88. The Morgan fingerprint density at radius 3 is 2.40 bits per heavy atom. The fraction of sp³-hybridized carbons (Fsp3) is 0.200. The van der Waals surface area contributed by atoms with Gasteiger partial charge >= 0.3 is 0 Å². The minimum atomic E-state index is -3.39. The van der Waals surface area contributed by atoms with Gasteiger partial charge in [-0.15, -0.1) is 22.7 Å². The first-order valence-corrected chi connectivity index (χ1v) is 14.5. The number of sulfonamides is 1. The monoisotopic (exact) mass is 524 g/mol. The summed E-state index contributed by atoms with van der Waals surface area (Å²) in [7, 11) is -3.39. The van der Waals surface area contributed by atoms with Gasteiger partial charge in [-0.05, 0) is 29.1 Å². The third-order valence-electron chi connectivity index (χ3n) is 5.79. The van der Waals surface area contributed by atoms with Gasteiger partial charge in [-0.1, -0.05) is 48.5 Å². The average molecular weight is 525 g/mol. The fourth-order valence-electron chi connectivity index (χ4n) is 4.02. The van der Waals surface area contributed by atoms with Crippen molar-refractivity contribution in [1.82, 2.24) is 9.29 Å². The van der Waals surface area contributed by atoms with E-state index in [4.69, 9.17) is 0 Å². The van der Waals surface area contributed by atoms with Gasteiger partial charge in [-0.2, -0.15) is 4.31 Å². The molecule has 2 aromatic carbocycles. The van der Waals surface area contributed by atoms with Crippen molar-refractivity contribution >= 4 is 50.0 Å². The third kappa shape index (κ3) is 5.46. The van der Waals surface area contributed by atoms with Gasteiger partial charge < -0.3 is 10.2 Å². The first kappa shape index (κ1) is 23.7. The van der Waals surface area contributed by atoms with Gasteiger partial charge in [-0.25, -0.2) is 13.4 Å². The molecule has 3 heterocycles. The van der Waals surface area contributed by atoms with E-state index in [1.807, 2.05) is 72.1 Å². The Kier molecular flexibility index (Phi) is 6.96. The van der Waals surface area contributed by atoms with Gasteiger partial charge in [-0.3, -0.25) is 4.79 Å². The first-order valence-electron chi connectivity index (χ1n) is 11.2. The Labute approximate surface area is 212 Å². The Morgan fingerprint density at radius 2 is 1.66 bits per heavy atom. The van der Waals surface area contributed by atoms with Crippen LogP contribution in [0.3, 0.4) is 0 Å². The molecule has 0 saturated carbocycles. The second-order valence-corrected chi connectivity index (χ2v) is 11.9. The van der Waals surface area contributed by atoms with Crippen LogP contribution in [0.4, 0.5) is 11.4 Å². The highest BCUT2D eigenvalue weighted by molar-refractivity contribution is 7.88. The molecule has 1 N–H and O–H groups in total. The van der Waals surface area contributed by atoms with E-state index in [9.17, 15) is 13.2 Å². The minimum absolute atomic E-state index is 0.00157. The van der Waals surface area contributed by atoms with E-state index in [1.54, 1.807) is 21.0 Å². The first-order chi connectivity index (χ1) is 17.0. The lowest BCUT2D eigenvalue weighted by Gasteiger charge is -2.36. The van der Waals surface area contributed by atoms with Crippen molar-refractivity contribution < 1.29 is 13.2 Å². The van der Waals surface area contributed by atoms with E-state index < -0.39 is 10.0 Å². The van der Waals surface area contributed by atoms with Crippen molar-refractivity contribution in [1.29, 1.82) is 0 Å². The van der Waals surface area contributed by atoms with Gasteiger partial charge in [0.05, 0.1) is 22.0 Å². The molecule has 10 heteroatoms. The molecule has 2 aromatic heterocycles. The Balaban J connectivity index is 1.25. The van der Waals surface area contributed by atoms with Crippen LogP contribution in [0.1, 0.15) is 16.1 Å². The predicted octanol–water partition coefficient (Wildman–Crippen LogP) is 4.78. The van der Waals surface area contributed by atoms with Crippen LogP contribution in [0.25, 0.3) is 9.88 Å². The maximum atomic E-state index is 12.9. The smallest absolute Gasteiger partial charge is 0.275 e. The molecule has 0 atom stereocenters. The van der Waals surface area contributed by atoms with Crippen LogP contribution in [-0.4, -0.2) is 49.8 Å². The largest absolute Gasteiger partial charge is 0.367 e. The topological polar surface area (TPSA) is 82.6 Å². The molecule has 35 heavy (non-hydrogen) atoms. The highest BCUT2D eigenvalue weighted by Gasteiger charge is 2.28. The SMILES string of the molecule is O=C(Nc1ccccc1N1CCN(S(=O)(=O)Cc2ccccc2)CC1)c1csc(-c2cccs2)n1. The number of nitrogens with one attached hydrogen (secondary N) is 1. The van der Waals surface area contributed by atoms with E-state index in [1.165, 1.54) is 11.3 Å². The number of thiazole rings is 1. The van der Waals surface area contributed by atoms with Crippen molar-refractivity contribution in [2.45, 2.75) is 5.75 Å². The lowest BCUT2D eigenvalue weighted by Crippen LogP contribution is -2.49. The molecule has 180 valence electrons. The molecular weight excluding hydrogens is 501 g/mol.